The number of hydrogen-bond donors (Lipinski definition) is 3. The van der Waals surface area contributed by atoms with Gasteiger partial charge < -0.3 is 16.0 Å². The van der Waals surface area contributed by atoms with E-state index in [-0.39, 0.29) is 6.04 Å². The topological polar surface area (TPSA) is 79.6 Å². The highest BCUT2D eigenvalue weighted by atomic mass is 79.9. The minimum atomic E-state index is 0.0577. The number of hydrogen-bond acceptors (Lipinski definition) is 4. The summed E-state index contributed by atoms with van der Waals surface area (Å²) < 4.78 is 0.910. The fourth-order valence-corrected chi connectivity index (χ4v) is 2.48. The van der Waals surface area contributed by atoms with E-state index in [1.807, 2.05) is 31.3 Å². The van der Waals surface area contributed by atoms with Crippen molar-refractivity contribution < 1.29 is 0 Å². The maximum atomic E-state index is 6.01. The minimum Gasteiger partial charge on any atom is -0.398 e. The Hall–Kier alpha value is -2.08. The Balaban J connectivity index is 2.02. The van der Waals surface area contributed by atoms with Gasteiger partial charge in [-0.2, -0.15) is 0 Å². The number of imidazole rings is 1. The fourth-order valence-electron chi connectivity index (χ4n) is 2.15. The van der Waals surface area contributed by atoms with Gasteiger partial charge in [0.25, 0.3) is 0 Å². The SMILES string of the molecule is CC(Nc1ccc(N)c2cc(Br)cnc12)c1ncc[nH]1. The van der Waals surface area contributed by atoms with E-state index in [1.165, 1.54) is 0 Å². The van der Waals surface area contributed by atoms with Crippen LogP contribution in [0.1, 0.15) is 18.8 Å². The second kappa shape index (κ2) is 5.13. The summed E-state index contributed by atoms with van der Waals surface area (Å²) in [5, 5.41) is 4.33. The van der Waals surface area contributed by atoms with Crippen LogP contribution in [0, 0.1) is 0 Å². The fraction of sp³-hybridized carbons (Fsp3) is 0.143. The highest BCUT2D eigenvalue weighted by Gasteiger charge is 2.11. The number of nitrogen functional groups attached to an aromatic ring is 1. The number of H-pyrrole nitrogens is 1. The maximum Gasteiger partial charge on any atom is 0.128 e. The van der Waals surface area contributed by atoms with Crippen molar-refractivity contribution in [2.24, 2.45) is 0 Å². The van der Waals surface area contributed by atoms with Crippen LogP contribution >= 0.6 is 15.9 Å². The molecule has 0 radical (unpaired) electrons. The van der Waals surface area contributed by atoms with Crippen molar-refractivity contribution in [1.82, 2.24) is 15.0 Å². The Labute approximate surface area is 124 Å². The summed E-state index contributed by atoms with van der Waals surface area (Å²) in [7, 11) is 0. The smallest absolute Gasteiger partial charge is 0.128 e. The van der Waals surface area contributed by atoms with Crippen molar-refractivity contribution >= 4 is 38.2 Å². The molecule has 0 amide bonds. The monoisotopic (exact) mass is 331 g/mol. The van der Waals surface area contributed by atoms with Crippen molar-refractivity contribution in [3.63, 3.8) is 0 Å². The largest absolute Gasteiger partial charge is 0.398 e. The highest BCUT2D eigenvalue weighted by molar-refractivity contribution is 9.10. The lowest BCUT2D eigenvalue weighted by atomic mass is 10.1. The number of nitrogens with two attached hydrogens (primary N) is 1. The van der Waals surface area contributed by atoms with Crippen LogP contribution in [0.25, 0.3) is 10.9 Å². The van der Waals surface area contributed by atoms with Crippen LogP contribution in [0.3, 0.4) is 0 Å². The van der Waals surface area contributed by atoms with Gasteiger partial charge in [-0.25, -0.2) is 4.98 Å². The molecule has 0 aliphatic rings. The molecule has 0 saturated heterocycles. The summed E-state index contributed by atoms with van der Waals surface area (Å²) in [5.74, 6) is 0.882. The Kier molecular flexibility index (Phi) is 3.31. The van der Waals surface area contributed by atoms with Crippen molar-refractivity contribution in [2.45, 2.75) is 13.0 Å². The quantitative estimate of drug-likeness (QED) is 0.642. The lowest BCUT2D eigenvalue weighted by molar-refractivity contribution is 0.811. The number of pyridine rings is 1. The van der Waals surface area contributed by atoms with E-state index in [2.05, 4.69) is 36.2 Å². The van der Waals surface area contributed by atoms with Gasteiger partial charge in [0.15, 0.2) is 0 Å². The van der Waals surface area contributed by atoms with Gasteiger partial charge in [0.1, 0.15) is 5.82 Å². The normalized spacial score (nSPS) is 12.5. The zero-order valence-corrected chi connectivity index (χ0v) is 12.5. The molecule has 2 heterocycles. The van der Waals surface area contributed by atoms with Gasteiger partial charge in [0.2, 0.25) is 0 Å². The van der Waals surface area contributed by atoms with Crippen LogP contribution in [0.4, 0.5) is 11.4 Å². The Bertz CT molecular complexity index is 739. The number of aromatic nitrogens is 3. The Morgan fingerprint density at radius 1 is 1.35 bits per heavy atom. The van der Waals surface area contributed by atoms with Crippen molar-refractivity contribution in [3.8, 4) is 0 Å². The molecule has 6 heteroatoms. The first kappa shape index (κ1) is 12.9. The standard InChI is InChI=1S/C14H14BrN5/c1-8(14-17-4-5-18-14)20-12-3-2-11(16)10-6-9(15)7-19-13(10)12/h2-8,20H,16H2,1H3,(H,17,18). The molecular weight excluding hydrogens is 318 g/mol. The van der Waals surface area contributed by atoms with Crippen molar-refractivity contribution in [3.05, 3.63) is 47.1 Å². The average Bonchev–Trinajstić information content (AvgIpc) is 2.96. The molecule has 0 bridgehead atoms. The third-order valence-corrected chi connectivity index (χ3v) is 3.59. The van der Waals surface area contributed by atoms with Crippen molar-refractivity contribution in [2.75, 3.05) is 11.1 Å². The van der Waals surface area contributed by atoms with Gasteiger partial charge in [-0.15, -0.1) is 0 Å². The molecule has 5 nitrogen and oxygen atoms in total. The van der Waals surface area contributed by atoms with E-state index in [4.69, 9.17) is 5.73 Å². The van der Waals surface area contributed by atoms with Crippen LogP contribution in [0.5, 0.6) is 0 Å². The van der Waals surface area contributed by atoms with E-state index in [0.29, 0.717) is 5.69 Å². The molecule has 102 valence electrons. The van der Waals surface area contributed by atoms with Gasteiger partial charge in [0.05, 0.1) is 17.2 Å². The third-order valence-electron chi connectivity index (χ3n) is 3.15. The molecule has 0 aliphatic heterocycles. The molecule has 1 atom stereocenters. The summed E-state index contributed by atoms with van der Waals surface area (Å²) in [4.78, 5) is 11.8. The number of nitrogens with zero attached hydrogens (tertiary/aromatic N) is 2. The number of anilines is 2. The molecule has 2 aromatic heterocycles. The second-order valence-corrected chi connectivity index (χ2v) is 5.51. The maximum absolute atomic E-state index is 6.01. The molecule has 0 spiro atoms. The van der Waals surface area contributed by atoms with Crippen LogP contribution in [-0.4, -0.2) is 15.0 Å². The number of rotatable bonds is 3. The zero-order valence-electron chi connectivity index (χ0n) is 10.9. The van der Waals surface area contributed by atoms with Gasteiger partial charge >= 0.3 is 0 Å². The van der Waals surface area contributed by atoms with Crippen LogP contribution in [-0.2, 0) is 0 Å². The molecule has 1 unspecified atom stereocenters. The number of fused-ring (bicyclic) bond motifs is 1. The predicted molar refractivity (Wildman–Crippen MR) is 84.5 cm³/mol. The number of benzene rings is 1. The molecule has 1 aromatic carbocycles. The summed E-state index contributed by atoms with van der Waals surface area (Å²) in [6, 6.07) is 5.86. The van der Waals surface area contributed by atoms with Crippen LogP contribution in [0.2, 0.25) is 0 Å². The number of aromatic amines is 1. The first-order valence-corrected chi connectivity index (χ1v) is 7.04. The van der Waals surface area contributed by atoms with Crippen molar-refractivity contribution in [1.29, 1.82) is 0 Å². The summed E-state index contributed by atoms with van der Waals surface area (Å²) in [5.41, 5.74) is 8.51. The van der Waals surface area contributed by atoms with Gasteiger partial charge in [0, 0.05) is 34.1 Å². The van der Waals surface area contributed by atoms with Gasteiger partial charge in [-0.1, -0.05) is 0 Å². The van der Waals surface area contributed by atoms with E-state index >= 15 is 0 Å². The molecule has 3 aromatic rings. The molecular formula is C14H14BrN5. The van der Waals surface area contributed by atoms with E-state index in [1.54, 1.807) is 12.4 Å². The van der Waals surface area contributed by atoms with E-state index in [9.17, 15) is 0 Å². The lowest BCUT2D eigenvalue weighted by Gasteiger charge is -2.15. The van der Waals surface area contributed by atoms with Gasteiger partial charge in [-0.3, -0.25) is 4.98 Å². The molecule has 3 rings (SSSR count). The number of halogens is 1. The minimum absolute atomic E-state index is 0.0577. The molecule has 20 heavy (non-hydrogen) atoms. The summed E-state index contributed by atoms with van der Waals surface area (Å²) in [6.45, 7) is 2.04. The Morgan fingerprint density at radius 3 is 2.95 bits per heavy atom. The summed E-state index contributed by atoms with van der Waals surface area (Å²) >= 11 is 3.42. The van der Waals surface area contributed by atoms with Crippen LogP contribution < -0.4 is 11.1 Å². The molecule has 4 N–H and O–H groups in total. The molecule has 0 fully saturated rings. The molecule has 0 aliphatic carbocycles. The molecule has 0 saturated carbocycles. The zero-order chi connectivity index (χ0) is 14.1. The number of nitrogens with one attached hydrogen (secondary N) is 2. The highest BCUT2D eigenvalue weighted by Crippen LogP contribution is 2.30. The average molecular weight is 332 g/mol. The first-order chi connectivity index (χ1) is 9.65. The second-order valence-electron chi connectivity index (χ2n) is 4.59. The lowest BCUT2D eigenvalue weighted by Crippen LogP contribution is -2.09. The Morgan fingerprint density at radius 2 is 2.20 bits per heavy atom. The van der Waals surface area contributed by atoms with E-state index < -0.39 is 0 Å². The van der Waals surface area contributed by atoms with E-state index in [0.717, 1.165) is 26.9 Å². The van der Waals surface area contributed by atoms with Crippen LogP contribution in [0.15, 0.2) is 41.3 Å². The van der Waals surface area contributed by atoms with Gasteiger partial charge in [-0.05, 0) is 41.1 Å². The summed E-state index contributed by atoms with van der Waals surface area (Å²) in [6.07, 6.45) is 5.32. The first-order valence-electron chi connectivity index (χ1n) is 6.24. The predicted octanol–water partition coefficient (Wildman–Crippen LogP) is 3.48. The third kappa shape index (κ3) is 2.34.